The summed E-state index contributed by atoms with van der Waals surface area (Å²) in [5.41, 5.74) is 4.16. The molecule has 4 aromatic rings. The predicted octanol–water partition coefficient (Wildman–Crippen LogP) is 6.47. The molecule has 1 saturated heterocycles. The SMILES string of the molecule is O=C(O)C1CN(Cc2ccc3c(ccc4oc(CCC5(c6ccc(F)cc6)CCCCC5)nc43)c2)C1. The lowest BCUT2D eigenvalue weighted by Gasteiger charge is -2.38. The maximum absolute atomic E-state index is 13.6. The average molecular weight is 487 g/mol. The van der Waals surface area contributed by atoms with E-state index in [-0.39, 0.29) is 17.2 Å². The number of carboxylic acid groups (broad SMARTS) is 1. The highest BCUT2D eigenvalue weighted by atomic mass is 19.1. The fourth-order valence-corrected chi connectivity index (χ4v) is 6.19. The van der Waals surface area contributed by atoms with Gasteiger partial charge in [0.1, 0.15) is 11.3 Å². The Bertz CT molecular complexity index is 1400. The quantitative estimate of drug-likeness (QED) is 0.324. The largest absolute Gasteiger partial charge is 0.481 e. The number of nitrogens with zero attached hydrogens (tertiary/aromatic N) is 2. The summed E-state index contributed by atoms with van der Waals surface area (Å²) in [5.74, 6) is -0.377. The predicted molar refractivity (Wildman–Crippen MR) is 137 cm³/mol. The van der Waals surface area contributed by atoms with Crippen LogP contribution < -0.4 is 0 Å². The Morgan fingerprint density at radius 2 is 1.83 bits per heavy atom. The second kappa shape index (κ2) is 9.32. The van der Waals surface area contributed by atoms with E-state index < -0.39 is 5.97 Å². The first-order chi connectivity index (χ1) is 17.5. The van der Waals surface area contributed by atoms with Crippen LogP contribution in [0.15, 0.2) is 59.0 Å². The van der Waals surface area contributed by atoms with Crippen LogP contribution >= 0.6 is 0 Å². The highest BCUT2D eigenvalue weighted by Crippen LogP contribution is 2.43. The molecule has 5 nitrogen and oxygen atoms in total. The molecule has 0 radical (unpaired) electrons. The minimum Gasteiger partial charge on any atom is -0.481 e. The molecular formula is C30H31FN2O3. The molecule has 0 atom stereocenters. The van der Waals surface area contributed by atoms with Gasteiger partial charge in [-0.3, -0.25) is 9.69 Å². The Balaban J connectivity index is 1.21. The van der Waals surface area contributed by atoms with Crippen LogP contribution in [0.3, 0.4) is 0 Å². The Hall–Kier alpha value is -3.25. The Morgan fingerprint density at radius 1 is 1.06 bits per heavy atom. The van der Waals surface area contributed by atoms with Crippen molar-refractivity contribution in [2.75, 3.05) is 13.1 Å². The molecule has 0 amide bonds. The summed E-state index contributed by atoms with van der Waals surface area (Å²) < 4.78 is 19.8. The minimum absolute atomic E-state index is 0.0556. The van der Waals surface area contributed by atoms with Crippen LogP contribution in [0.2, 0.25) is 0 Å². The van der Waals surface area contributed by atoms with Crippen molar-refractivity contribution in [2.24, 2.45) is 5.92 Å². The van der Waals surface area contributed by atoms with Gasteiger partial charge in [-0.15, -0.1) is 0 Å². The molecule has 36 heavy (non-hydrogen) atoms. The van der Waals surface area contributed by atoms with E-state index in [1.165, 1.54) is 30.4 Å². The molecule has 1 aromatic heterocycles. The van der Waals surface area contributed by atoms with Gasteiger partial charge in [0, 0.05) is 31.4 Å². The normalized spacial score (nSPS) is 18.5. The summed E-state index contributed by atoms with van der Waals surface area (Å²) in [5, 5.41) is 11.3. The number of aryl methyl sites for hydroxylation is 1. The molecule has 0 spiro atoms. The molecule has 6 heteroatoms. The molecule has 2 heterocycles. The minimum atomic E-state index is -0.707. The second-order valence-electron chi connectivity index (χ2n) is 10.7. The third-order valence-electron chi connectivity index (χ3n) is 8.28. The first-order valence-corrected chi connectivity index (χ1v) is 13.0. The number of carboxylic acids is 1. The van der Waals surface area contributed by atoms with Crippen molar-refractivity contribution in [3.63, 3.8) is 0 Å². The van der Waals surface area contributed by atoms with Crippen molar-refractivity contribution in [1.29, 1.82) is 0 Å². The lowest BCUT2D eigenvalue weighted by Crippen LogP contribution is -2.49. The van der Waals surface area contributed by atoms with Crippen molar-refractivity contribution >= 4 is 27.8 Å². The Labute approximate surface area is 209 Å². The maximum Gasteiger partial charge on any atom is 0.309 e. The fraction of sp³-hybridized carbons (Fsp3) is 0.400. The first-order valence-electron chi connectivity index (χ1n) is 13.0. The van der Waals surface area contributed by atoms with Crippen molar-refractivity contribution in [3.05, 3.63) is 77.4 Å². The monoisotopic (exact) mass is 486 g/mol. The fourth-order valence-electron chi connectivity index (χ4n) is 6.19. The third-order valence-corrected chi connectivity index (χ3v) is 8.28. The molecular weight excluding hydrogens is 455 g/mol. The zero-order valence-electron chi connectivity index (χ0n) is 20.4. The van der Waals surface area contributed by atoms with Gasteiger partial charge < -0.3 is 9.52 Å². The number of aliphatic carboxylic acids is 1. The standard InChI is InChI=1S/C30H31FN2O3/c31-24-8-6-23(7-9-24)30(13-2-1-3-14-30)15-12-27-32-28-25-10-4-20(16-21(25)5-11-26(28)36-27)17-33-18-22(19-33)29(34)35/h4-11,16,22H,1-3,12-15,17-19H2,(H,34,35). The molecule has 1 saturated carbocycles. The number of benzene rings is 3. The van der Waals surface area contributed by atoms with Crippen molar-refractivity contribution < 1.29 is 18.7 Å². The van der Waals surface area contributed by atoms with Gasteiger partial charge in [0.2, 0.25) is 0 Å². The number of carbonyl (C=O) groups is 1. The Kier molecular flexibility index (Phi) is 6.00. The van der Waals surface area contributed by atoms with Gasteiger partial charge >= 0.3 is 5.97 Å². The number of likely N-dealkylation sites (tertiary alicyclic amines) is 1. The van der Waals surface area contributed by atoms with Crippen LogP contribution in [0, 0.1) is 11.7 Å². The van der Waals surface area contributed by atoms with E-state index in [0.717, 1.165) is 60.0 Å². The van der Waals surface area contributed by atoms with E-state index in [0.29, 0.717) is 13.1 Å². The molecule has 2 fully saturated rings. The maximum atomic E-state index is 13.6. The lowest BCUT2D eigenvalue weighted by molar-refractivity contribution is -0.147. The molecule has 6 rings (SSSR count). The van der Waals surface area contributed by atoms with E-state index in [2.05, 4.69) is 29.2 Å². The molecule has 1 aliphatic carbocycles. The molecule has 0 unspecified atom stereocenters. The number of aromatic nitrogens is 1. The van der Waals surface area contributed by atoms with E-state index >= 15 is 0 Å². The lowest BCUT2D eigenvalue weighted by atomic mass is 9.67. The van der Waals surface area contributed by atoms with Gasteiger partial charge in [-0.1, -0.05) is 49.6 Å². The topological polar surface area (TPSA) is 66.6 Å². The summed E-state index contributed by atoms with van der Waals surface area (Å²) in [7, 11) is 0. The molecule has 186 valence electrons. The van der Waals surface area contributed by atoms with E-state index in [4.69, 9.17) is 14.5 Å². The van der Waals surface area contributed by atoms with Gasteiger partial charge in [0.15, 0.2) is 11.5 Å². The highest BCUT2D eigenvalue weighted by Gasteiger charge is 2.34. The highest BCUT2D eigenvalue weighted by molar-refractivity contribution is 6.03. The van der Waals surface area contributed by atoms with Gasteiger partial charge in [-0.05, 0) is 65.5 Å². The summed E-state index contributed by atoms with van der Waals surface area (Å²) in [6.45, 7) is 1.98. The van der Waals surface area contributed by atoms with Crippen molar-refractivity contribution in [3.8, 4) is 0 Å². The molecule has 3 aromatic carbocycles. The smallest absolute Gasteiger partial charge is 0.309 e. The number of hydrogen-bond acceptors (Lipinski definition) is 4. The number of hydrogen-bond donors (Lipinski definition) is 1. The number of halogens is 1. The van der Waals surface area contributed by atoms with Crippen molar-refractivity contribution in [1.82, 2.24) is 9.88 Å². The van der Waals surface area contributed by atoms with Gasteiger partial charge in [0.05, 0.1) is 5.92 Å². The van der Waals surface area contributed by atoms with Crippen LogP contribution in [0.1, 0.15) is 55.5 Å². The number of oxazole rings is 1. The second-order valence-corrected chi connectivity index (χ2v) is 10.7. The molecule has 1 N–H and O–H groups in total. The van der Waals surface area contributed by atoms with Gasteiger partial charge in [-0.2, -0.15) is 0 Å². The summed E-state index contributed by atoms with van der Waals surface area (Å²) >= 11 is 0. The summed E-state index contributed by atoms with van der Waals surface area (Å²) in [4.78, 5) is 18.1. The summed E-state index contributed by atoms with van der Waals surface area (Å²) in [6, 6.07) is 17.5. The van der Waals surface area contributed by atoms with Crippen LogP contribution in [0.5, 0.6) is 0 Å². The number of fused-ring (bicyclic) bond motifs is 3. The van der Waals surface area contributed by atoms with Crippen molar-refractivity contribution in [2.45, 2.75) is 56.9 Å². The molecule has 2 aliphatic rings. The average Bonchev–Trinajstić information content (AvgIpc) is 3.29. The van der Waals surface area contributed by atoms with Crippen LogP contribution in [-0.4, -0.2) is 34.0 Å². The van der Waals surface area contributed by atoms with Gasteiger partial charge in [-0.25, -0.2) is 9.37 Å². The van der Waals surface area contributed by atoms with Crippen LogP contribution in [0.4, 0.5) is 4.39 Å². The van der Waals surface area contributed by atoms with E-state index in [1.807, 2.05) is 18.2 Å². The number of rotatable bonds is 7. The first kappa shape index (κ1) is 23.2. The van der Waals surface area contributed by atoms with Crippen LogP contribution in [-0.2, 0) is 23.2 Å². The zero-order chi connectivity index (χ0) is 24.7. The zero-order valence-corrected chi connectivity index (χ0v) is 20.4. The molecule has 0 bridgehead atoms. The van der Waals surface area contributed by atoms with Gasteiger partial charge in [0.25, 0.3) is 0 Å². The van der Waals surface area contributed by atoms with Crippen LogP contribution in [0.25, 0.3) is 21.9 Å². The Morgan fingerprint density at radius 3 is 2.58 bits per heavy atom. The molecule has 1 aliphatic heterocycles. The van der Waals surface area contributed by atoms with E-state index in [1.54, 1.807) is 12.1 Å². The summed E-state index contributed by atoms with van der Waals surface area (Å²) in [6.07, 6.45) is 7.60. The van der Waals surface area contributed by atoms with E-state index in [9.17, 15) is 9.18 Å². The third kappa shape index (κ3) is 4.39.